The summed E-state index contributed by atoms with van der Waals surface area (Å²) >= 11 is 0. The predicted molar refractivity (Wildman–Crippen MR) is 95.1 cm³/mol. The van der Waals surface area contributed by atoms with Gasteiger partial charge in [-0.2, -0.15) is 0 Å². The van der Waals surface area contributed by atoms with Gasteiger partial charge in [0.05, 0.1) is 18.2 Å². The number of aliphatic hydroxyl groups is 1. The summed E-state index contributed by atoms with van der Waals surface area (Å²) < 4.78 is 2.14. The molecular weight excluding hydrogens is 318 g/mol. The highest BCUT2D eigenvalue weighted by Gasteiger charge is 2.43. The van der Waals surface area contributed by atoms with Crippen LogP contribution in [0.2, 0.25) is 0 Å². The van der Waals surface area contributed by atoms with E-state index in [0.29, 0.717) is 12.5 Å². The first-order valence-electron chi connectivity index (χ1n) is 9.58. The molecule has 2 aliphatic rings. The minimum atomic E-state index is -0.428. The van der Waals surface area contributed by atoms with Crippen LogP contribution in [0.15, 0.2) is 0 Å². The van der Waals surface area contributed by atoms with Gasteiger partial charge in [0, 0.05) is 19.5 Å². The molecule has 7 nitrogen and oxygen atoms in total. The Morgan fingerprint density at radius 2 is 2.04 bits per heavy atom. The summed E-state index contributed by atoms with van der Waals surface area (Å²) in [5.74, 6) is 2.29. The van der Waals surface area contributed by atoms with Crippen LogP contribution in [0.4, 0.5) is 4.79 Å². The van der Waals surface area contributed by atoms with Crippen molar-refractivity contribution in [1.29, 1.82) is 0 Å². The molecule has 2 N–H and O–H groups in total. The summed E-state index contributed by atoms with van der Waals surface area (Å²) in [5.41, 5.74) is -0.428. The maximum Gasteiger partial charge on any atom is 0.318 e. The van der Waals surface area contributed by atoms with Gasteiger partial charge in [0.1, 0.15) is 5.82 Å². The quantitative estimate of drug-likeness (QED) is 0.854. The van der Waals surface area contributed by atoms with Crippen LogP contribution >= 0.6 is 0 Å². The van der Waals surface area contributed by atoms with Crippen LogP contribution in [0.5, 0.6) is 0 Å². The third-order valence-electron chi connectivity index (χ3n) is 5.54. The van der Waals surface area contributed by atoms with Crippen LogP contribution in [0.25, 0.3) is 0 Å². The average Bonchev–Trinajstić information content (AvgIpc) is 3.18. The van der Waals surface area contributed by atoms with Crippen molar-refractivity contribution in [2.24, 2.45) is 5.92 Å². The lowest BCUT2D eigenvalue weighted by Crippen LogP contribution is -2.54. The van der Waals surface area contributed by atoms with E-state index in [2.05, 4.69) is 33.9 Å². The number of amides is 2. The van der Waals surface area contributed by atoms with Crippen molar-refractivity contribution in [3.8, 4) is 0 Å². The number of nitrogens with one attached hydrogen (secondary N) is 1. The second-order valence-electron chi connectivity index (χ2n) is 7.99. The number of hydrogen-bond acceptors (Lipinski definition) is 4. The predicted octanol–water partition coefficient (Wildman–Crippen LogP) is 2.26. The van der Waals surface area contributed by atoms with Gasteiger partial charge in [-0.25, -0.2) is 4.79 Å². The van der Waals surface area contributed by atoms with Crippen LogP contribution in [-0.2, 0) is 13.0 Å². The number of fused-ring (bicyclic) bond motifs is 1. The number of carbonyl (C=O) groups is 1. The standard InChI is InChI=1S/C18H31N5O2/c1-13(2)11-18(12-24)8-6-10-23(18)17(25)19-14(3)16-21-20-15-7-4-5-9-22(15)16/h13-14,24H,4-12H2,1-3H3,(H,19,25)/t14-,18+/m0/s1. The Bertz CT molecular complexity index is 615. The van der Waals surface area contributed by atoms with E-state index in [1.807, 2.05) is 11.8 Å². The highest BCUT2D eigenvalue weighted by atomic mass is 16.3. The molecule has 1 aromatic heterocycles. The van der Waals surface area contributed by atoms with Crippen LogP contribution in [0.3, 0.4) is 0 Å². The minimum absolute atomic E-state index is 0.0211. The molecule has 1 fully saturated rings. The third-order valence-corrected chi connectivity index (χ3v) is 5.54. The SMILES string of the molecule is CC(C)C[C@@]1(CO)CCCN1C(=O)N[C@@H](C)c1nnc2n1CCCC2. The third kappa shape index (κ3) is 3.52. The lowest BCUT2D eigenvalue weighted by Gasteiger charge is -2.39. The van der Waals surface area contributed by atoms with Gasteiger partial charge in [-0.05, 0) is 44.9 Å². The number of aryl methyl sites for hydroxylation is 1. The van der Waals surface area contributed by atoms with E-state index in [1.165, 1.54) is 0 Å². The maximum atomic E-state index is 12.9. The molecule has 7 heteroatoms. The van der Waals surface area contributed by atoms with Crippen molar-refractivity contribution in [3.05, 3.63) is 11.6 Å². The molecule has 2 atom stereocenters. The summed E-state index contributed by atoms with van der Waals surface area (Å²) in [6.45, 7) is 7.88. The van der Waals surface area contributed by atoms with Crippen molar-refractivity contribution in [1.82, 2.24) is 25.0 Å². The van der Waals surface area contributed by atoms with Crippen LogP contribution in [-0.4, -0.2) is 49.5 Å². The number of urea groups is 1. The van der Waals surface area contributed by atoms with E-state index in [0.717, 1.165) is 56.7 Å². The van der Waals surface area contributed by atoms with Gasteiger partial charge >= 0.3 is 6.03 Å². The largest absolute Gasteiger partial charge is 0.394 e. The van der Waals surface area contributed by atoms with E-state index in [4.69, 9.17) is 0 Å². The van der Waals surface area contributed by atoms with E-state index < -0.39 is 5.54 Å². The number of likely N-dealkylation sites (tertiary alicyclic amines) is 1. The molecule has 0 radical (unpaired) electrons. The molecule has 3 heterocycles. The summed E-state index contributed by atoms with van der Waals surface area (Å²) in [5, 5.41) is 21.7. The fourth-order valence-corrected chi connectivity index (χ4v) is 4.44. The van der Waals surface area contributed by atoms with Gasteiger partial charge in [0.15, 0.2) is 5.82 Å². The first-order chi connectivity index (χ1) is 12.0. The molecule has 140 valence electrons. The maximum absolute atomic E-state index is 12.9. The smallest absolute Gasteiger partial charge is 0.318 e. The molecule has 0 spiro atoms. The lowest BCUT2D eigenvalue weighted by atomic mass is 9.87. The first kappa shape index (κ1) is 18.2. The zero-order chi connectivity index (χ0) is 18.0. The van der Waals surface area contributed by atoms with Crippen molar-refractivity contribution in [3.63, 3.8) is 0 Å². The van der Waals surface area contributed by atoms with Crippen molar-refractivity contribution < 1.29 is 9.90 Å². The molecule has 0 saturated carbocycles. The van der Waals surface area contributed by atoms with Gasteiger partial charge in [0.2, 0.25) is 0 Å². The summed E-state index contributed by atoms with van der Waals surface area (Å²) in [6.07, 6.45) is 5.88. The Kier molecular flexibility index (Phi) is 5.32. The normalized spacial score (nSPS) is 24.4. The van der Waals surface area contributed by atoms with Gasteiger partial charge in [0.25, 0.3) is 0 Å². The average molecular weight is 349 g/mol. The fourth-order valence-electron chi connectivity index (χ4n) is 4.44. The van der Waals surface area contributed by atoms with E-state index in [-0.39, 0.29) is 18.7 Å². The number of carbonyl (C=O) groups excluding carboxylic acids is 1. The zero-order valence-corrected chi connectivity index (χ0v) is 15.7. The van der Waals surface area contributed by atoms with Crippen molar-refractivity contribution in [2.75, 3.05) is 13.2 Å². The van der Waals surface area contributed by atoms with E-state index in [1.54, 1.807) is 0 Å². The molecule has 1 aromatic rings. The number of rotatable bonds is 5. The first-order valence-corrected chi connectivity index (χ1v) is 9.58. The molecule has 0 aromatic carbocycles. The highest BCUT2D eigenvalue weighted by molar-refractivity contribution is 5.76. The van der Waals surface area contributed by atoms with Crippen molar-refractivity contribution in [2.45, 2.75) is 77.4 Å². The monoisotopic (exact) mass is 349 g/mol. The number of hydrogen-bond donors (Lipinski definition) is 2. The second-order valence-corrected chi connectivity index (χ2v) is 7.99. The lowest BCUT2D eigenvalue weighted by molar-refractivity contribution is 0.0665. The van der Waals surface area contributed by atoms with Crippen LogP contribution < -0.4 is 5.32 Å². The highest BCUT2D eigenvalue weighted by Crippen LogP contribution is 2.35. The van der Waals surface area contributed by atoms with Gasteiger partial charge in [-0.1, -0.05) is 13.8 Å². The Labute approximate surface area is 149 Å². The zero-order valence-electron chi connectivity index (χ0n) is 15.7. The fraction of sp³-hybridized carbons (Fsp3) is 0.833. The van der Waals surface area contributed by atoms with E-state index in [9.17, 15) is 9.90 Å². The summed E-state index contributed by atoms with van der Waals surface area (Å²) in [7, 11) is 0. The number of aromatic nitrogens is 3. The van der Waals surface area contributed by atoms with Gasteiger partial charge in [-0.15, -0.1) is 10.2 Å². The summed E-state index contributed by atoms with van der Waals surface area (Å²) in [4.78, 5) is 14.8. The molecule has 1 saturated heterocycles. The molecule has 2 aliphatic heterocycles. The molecule has 0 aliphatic carbocycles. The molecule has 0 bridgehead atoms. The molecule has 2 amide bonds. The van der Waals surface area contributed by atoms with Gasteiger partial charge < -0.3 is 19.9 Å². The molecule has 25 heavy (non-hydrogen) atoms. The summed E-state index contributed by atoms with van der Waals surface area (Å²) in [6, 6.07) is -0.296. The van der Waals surface area contributed by atoms with Crippen LogP contribution in [0.1, 0.15) is 70.6 Å². The Morgan fingerprint density at radius 1 is 1.24 bits per heavy atom. The number of aliphatic hydroxyl groups excluding tert-OH is 1. The minimum Gasteiger partial charge on any atom is -0.394 e. The van der Waals surface area contributed by atoms with Gasteiger partial charge in [-0.3, -0.25) is 0 Å². The Morgan fingerprint density at radius 3 is 2.76 bits per heavy atom. The topological polar surface area (TPSA) is 83.3 Å². The second kappa shape index (κ2) is 7.32. The van der Waals surface area contributed by atoms with Crippen molar-refractivity contribution >= 4 is 6.03 Å². The van der Waals surface area contributed by atoms with E-state index >= 15 is 0 Å². The Balaban J connectivity index is 1.71. The molecule has 0 unspecified atom stereocenters. The number of nitrogens with zero attached hydrogens (tertiary/aromatic N) is 4. The Hall–Kier alpha value is -1.63. The molecular formula is C18H31N5O2. The molecule has 3 rings (SSSR count). The van der Waals surface area contributed by atoms with Crippen LogP contribution in [0, 0.1) is 5.92 Å².